The lowest BCUT2D eigenvalue weighted by Gasteiger charge is -2.37. The summed E-state index contributed by atoms with van der Waals surface area (Å²) in [6.07, 6.45) is 2.37. The summed E-state index contributed by atoms with van der Waals surface area (Å²) in [5, 5.41) is 0. The molecule has 110 valence electrons. The number of piperidine rings is 1. The van der Waals surface area contributed by atoms with Gasteiger partial charge in [-0.25, -0.2) is 0 Å². The topological polar surface area (TPSA) is 36.7 Å². The van der Waals surface area contributed by atoms with Gasteiger partial charge in [0.15, 0.2) is 0 Å². The van der Waals surface area contributed by atoms with E-state index in [4.69, 9.17) is 4.42 Å². The zero-order valence-corrected chi connectivity index (χ0v) is 12.9. The lowest BCUT2D eigenvalue weighted by molar-refractivity contribution is 0.0569. The fraction of sp³-hybridized carbons (Fsp3) is 0.688. The van der Waals surface area contributed by atoms with Crippen LogP contribution in [0.4, 0.5) is 0 Å². The molecule has 4 heteroatoms. The van der Waals surface area contributed by atoms with Crippen LogP contribution in [0.15, 0.2) is 4.42 Å². The molecule has 0 bridgehead atoms. The second kappa shape index (κ2) is 4.92. The van der Waals surface area contributed by atoms with Crippen molar-refractivity contribution in [2.75, 3.05) is 26.7 Å². The van der Waals surface area contributed by atoms with E-state index in [0.717, 1.165) is 48.7 Å². The van der Waals surface area contributed by atoms with Crippen molar-refractivity contribution in [3.63, 3.8) is 0 Å². The smallest absolute Gasteiger partial charge is 0.257 e. The highest BCUT2D eigenvalue weighted by Crippen LogP contribution is 2.32. The summed E-state index contributed by atoms with van der Waals surface area (Å²) in [7, 11) is 2.15. The van der Waals surface area contributed by atoms with E-state index in [1.807, 2.05) is 20.8 Å². The molecular weight excluding hydrogens is 252 g/mol. The van der Waals surface area contributed by atoms with Crippen molar-refractivity contribution in [1.82, 2.24) is 9.80 Å². The minimum atomic E-state index is 0.168. The third-order valence-electron chi connectivity index (χ3n) is 5.00. The molecule has 2 saturated heterocycles. The van der Waals surface area contributed by atoms with Gasteiger partial charge in [0.1, 0.15) is 11.5 Å². The standard InChI is InChI=1S/C16H24N2O2/c1-10-11(2)20-12(3)15(10)16(19)18-7-5-6-13-8-17(4)9-14(13)18/h13-14H,5-9H2,1-4H3/t13-,14+/m0/s1. The van der Waals surface area contributed by atoms with E-state index in [2.05, 4.69) is 16.8 Å². The maximum Gasteiger partial charge on any atom is 0.257 e. The average molecular weight is 276 g/mol. The largest absolute Gasteiger partial charge is 0.466 e. The fourth-order valence-electron chi connectivity index (χ4n) is 3.90. The molecule has 3 rings (SSSR count). The number of furan rings is 1. The molecule has 2 fully saturated rings. The fourth-order valence-corrected chi connectivity index (χ4v) is 3.90. The molecule has 2 aliphatic rings. The van der Waals surface area contributed by atoms with Gasteiger partial charge in [0.2, 0.25) is 0 Å². The van der Waals surface area contributed by atoms with Crippen LogP contribution in [0.5, 0.6) is 0 Å². The average Bonchev–Trinajstić information content (AvgIpc) is 2.88. The Hall–Kier alpha value is -1.29. The van der Waals surface area contributed by atoms with Gasteiger partial charge in [-0.05, 0) is 46.6 Å². The molecule has 0 unspecified atom stereocenters. The molecule has 0 N–H and O–H groups in total. The first-order valence-electron chi connectivity index (χ1n) is 7.55. The Labute approximate surface area is 120 Å². The SMILES string of the molecule is Cc1oc(C)c(C(=O)N2CCC[C@H]3CN(C)C[C@H]32)c1C. The molecule has 0 radical (unpaired) electrons. The summed E-state index contributed by atoms with van der Waals surface area (Å²) in [6, 6.07) is 0.384. The monoisotopic (exact) mass is 276 g/mol. The quantitative estimate of drug-likeness (QED) is 0.790. The third kappa shape index (κ3) is 2.06. The van der Waals surface area contributed by atoms with Crippen LogP contribution in [-0.4, -0.2) is 48.4 Å². The van der Waals surface area contributed by atoms with Crippen molar-refractivity contribution < 1.29 is 9.21 Å². The molecule has 0 aromatic carbocycles. The predicted octanol–water partition coefficient (Wildman–Crippen LogP) is 2.37. The molecule has 2 aliphatic heterocycles. The Balaban J connectivity index is 1.90. The first-order valence-corrected chi connectivity index (χ1v) is 7.55. The molecule has 1 amide bonds. The van der Waals surface area contributed by atoms with E-state index < -0.39 is 0 Å². The van der Waals surface area contributed by atoms with Crippen LogP contribution in [-0.2, 0) is 0 Å². The van der Waals surface area contributed by atoms with Gasteiger partial charge in [-0.2, -0.15) is 0 Å². The van der Waals surface area contributed by atoms with Crippen molar-refractivity contribution in [3.8, 4) is 0 Å². The number of likely N-dealkylation sites (tertiary alicyclic amines) is 2. The number of carbonyl (C=O) groups is 1. The molecular formula is C16H24N2O2. The molecule has 1 aromatic heterocycles. The summed E-state index contributed by atoms with van der Waals surface area (Å²) in [5.41, 5.74) is 1.79. The van der Waals surface area contributed by atoms with E-state index >= 15 is 0 Å². The van der Waals surface area contributed by atoms with E-state index in [1.54, 1.807) is 0 Å². The maximum absolute atomic E-state index is 13.0. The lowest BCUT2D eigenvalue weighted by Crippen LogP contribution is -2.48. The molecule has 4 nitrogen and oxygen atoms in total. The number of amides is 1. The highest BCUT2D eigenvalue weighted by molar-refractivity contribution is 5.97. The summed E-state index contributed by atoms with van der Waals surface area (Å²) >= 11 is 0. The van der Waals surface area contributed by atoms with E-state index in [9.17, 15) is 4.79 Å². The Morgan fingerprint density at radius 3 is 2.60 bits per heavy atom. The van der Waals surface area contributed by atoms with Gasteiger partial charge in [-0.3, -0.25) is 4.79 Å². The molecule has 3 heterocycles. The van der Waals surface area contributed by atoms with Crippen molar-refractivity contribution in [3.05, 3.63) is 22.6 Å². The molecule has 0 aliphatic carbocycles. The van der Waals surface area contributed by atoms with Crippen LogP contribution < -0.4 is 0 Å². The van der Waals surface area contributed by atoms with Crippen molar-refractivity contribution in [2.45, 2.75) is 39.7 Å². The lowest BCUT2D eigenvalue weighted by atomic mass is 9.91. The highest BCUT2D eigenvalue weighted by Gasteiger charge is 2.40. The van der Waals surface area contributed by atoms with Crippen LogP contribution in [0.25, 0.3) is 0 Å². The minimum absolute atomic E-state index is 0.168. The van der Waals surface area contributed by atoms with Gasteiger partial charge in [0.25, 0.3) is 5.91 Å². The van der Waals surface area contributed by atoms with E-state index in [1.165, 1.54) is 6.42 Å². The first-order chi connectivity index (χ1) is 9.49. The number of hydrogen-bond donors (Lipinski definition) is 0. The summed E-state index contributed by atoms with van der Waals surface area (Å²) in [5.74, 6) is 2.44. The first kappa shape index (κ1) is 13.7. The van der Waals surface area contributed by atoms with Crippen molar-refractivity contribution >= 4 is 5.91 Å². The van der Waals surface area contributed by atoms with Gasteiger partial charge in [0, 0.05) is 31.2 Å². The second-order valence-electron chi connectivity index (χ2n) is 6.40. The van der Waals surface area contributed by atoms with Gasteiger partial charge < -0.3 is 14.2 Å². The van der Waals surface area contributed by atoms with Gasteiger partial charge in [-0.15, -0.1) is 0 Å². The Morgan fingerprint density at radius 1 is 1.20 bits per heavy atom. The van der Waals surface area contributed by atoms with Crippen LogP contribution in [0.3, 0.4) is 0 Å². The summed E-state index contributed by atoms with van der Waals surface area (Å²) < 4.78 is 5.63. The number of nitrogens with zero attached hydrogens (tertiary/aromatic N) is 2. The Bertz CT molecular complexity index is 535. The summed E-state index contributed by atoms with van der Waals surface area (Å²) in [6.45, 7) is 8.83. The van der Waals surface area contributed by atoms with Gasteiger partial charge >= 0.3 is 0 Å². The number of hydrogen-bond acceptors (Lipinski definition) is 3. The minimum Gasteiger partial charge on any atom is -0.466 e. The van der Waals surface area contributed by atoms with Gasteiger partial charge in [-0.1, -0.05) is 0 Å². The van der Waals surface area contributed by atoms with Crippen LogP contribution in [0.1, 0.15) is 40.3 Å². The van der Waals surface area contributed by atoms with Crippen molar-refractivity contribution in [1.29, 1.82) is 0 Å². The number of rotatable bonds is 1. The normalized spacial score (nSPS) is 26.9. The van der Waals surface area contributed by atoms with Crippen LogP contribution in [0, 0.1) is 26.7 Å². The van der Waals surface area contributed by atoms with Crippen molar-refractivity contribution in [2.24, 2.45) is 5.92 Å². The third-order valence-corrected chi connectivity index (χ3v) is 5.00. The van der Waals surface area contributed by atoms with Crippen LogP contribution in [0.2, 0.25) is 0 Å². The van der Waals surface area contributed by atoms with E-state index in [-0.39, 0.29) is 5.91 Å². The molecule has 1 aromatic rings. The number of fused-ring (bicyclic) bond motifs is 1. The Kier molecular flexibility index (Phi) is 3.36. The molecule has 20 heavy (non-hydrogen) atoms. The number of likely N-dealkylation sites (N-methyl/N-ethyl adjacent to an activating group) is 1. The second-order valence-corrected chi connectivity index (χ2v) is 6.40. The summed E-state index contributed by atoms with van der Waals surface area (Å²) in [4.78, 5) is 17.4. The predicted molar refractivity (Wildman–Crippen MR) is 78.0 cm³/mol. The zero-order chi connectivity index (χ0) is 14.4. The number of carbonyl (C=O) groups excluding carboxylic acids is 1. The molecule has 0 spiro atoms. The Morgan fingerprint density at radius 2 is 1.95 bits per heavy atom. The highest BCUT2D eigenvalue weighted by atomic mass is 16.3. The molecule has 0 saturated carbocycles. The van der Waals surface area contributed by atoms with Gasteiger partial charge in [0.05, 0.1) is 5.56 Å². The molecule has 2 atom stereocenters. The number of aryl methyl sites for hydroxylation is 2. The maximum atomic E-state index is 13.0. The zero-order valence-electron chi connectivity index (χ0n) is 12.9. The van der Waals surface area contributed by atoms with Crippen LogP contribution >= 0.6 is 0 Å². The van der Waals surface area contributed by atoms with E-state index in [0.29, 0.717) is 12.0 Å².